The molecular formula is C28H30F4N4O4SSi. The Morgan fingerprint density at radius 1 is 1.21 bits per heavy atom. The molecule has 1 spiro atoms. The topological polar surface area (TPSA) is 86.1 Å². The normalized spacial score (nSPS) is 19.1. The molecule has 14 heteroatoms. The maximum Gasteiger partial charge on any atom is 0.417 e. The Morgan fingerprint density at radius 2 is 1.90 bits per heavy atom. The second kappa shape index (κ2) is 11.7. The number of carbonyl (C=O) groups is 2. The Kier molecular flexibility index (Phi) is 8.80. The van der Waals surface area contributed by atoms with Crippen molar-refractivity contribution in [2.24, 2.45) is 0 Å². The predicted molar refractivity (Wildman–Crippen MR) is 154 cm³/mol. The Hall–Kier alpha value is -3.38. The molecule has 0 aliphatic carbocycles. The molecule has 0 aromatic heterocycles. The van der Waals surface area contributed by atoms with Crippen molar-refractivity contribution in [2.45, 2.75) is 43.8 Å². The first-order chi connectivity index (χ1) is 19.6. The van der Waals surface area contributed by atoms with E-state index in [0.717, 1.165) is 23.1 Å². The van der Waals surface area contributed by atoms with Gasteiger partial charge in [-0.25, -0.2) is 4.39 Å². The predicted octanol–water partition coefficient (Wildman–Crippen LogP) is 5.40. The molecule has 1 atom stereocenters. The second-order valence-electron chi connectivity index (χ2n) is 11.4. The molecule has 0 saturated carbocycles. The van der Waals surface area contributed by atoms with Crippen LogP contribution in [0.3, 0.4) is 0 Å². The molecule has 4 rings (SSSR count). The second-order valence-corrected chi connectivity index (χ2v) is 17.4. The number of carbonyl (C=O) groups excluding carboxylic acids is 2. The zero-order chi connectivity index (χ0) is 31.0. The number of rotatable bonds is 8. The van der Waals surface area contributed by atoms with Gasteiger partial charge in [0.15, 0.2) is 10.7 Å². The lowest BCUT2D eigenvalue weighted by Gasteiger charge is -2.31. The fourth-order valence-electron chi connectivity index (χ4n) is 4.82. The summed E-state index contributed by atoms with van der Waals surface area (Å²) in [5.41, 5.74) is -3.52. The molecule has 2 fully saturated rings. The van der Waals surface area contributed by atoms with Crippen molar-refractivity contribution in [3.05, 3.63) is 58.9 Å². The maximum atomic E-state index is 15.4. The highest BCUT2D eigenvalue weighted by Gasteiger charge is 2.58. The number of thiocarbonyl (C=S) groups is 1. The number of hydrogen-bond acceptors (Lipinski definition) is 6. The van der Waals surface area contributed by atoms with E-state index < -0.39 is 48.5 Å². The molecule has 0 radical (unpaired) electrons. The van der Waals surface area contributed by atoms with E-state index in [0.29, 0.717) is 12.7 Å². The Labute approximate surface area is 247 Å². The van der Waals surface area contributed by atoms with Gasteiger partial charge in [-0.05, 0) is 54.7 Å². The van der Waals surface area contributed by atoms with Crippen LogP contribution in [0.2, 0.25) is 25.7 Å². The van der Waals surface area contributed by atoms with Gasteiger partial charge in [0.25, 0.3) is 11.8 Å². The average Bonchev–Trinajstić information content (AvgIpc) is 3.47. The van der Waals surface area contributed by atoms with Crippen LogP contribution in [0, 0.1) is 17.1 Å². The fourth-order valence-corrected chi connectivity index (χ4v) is 6.05. The van der Waals surface area contributed by atoms with Crippen LogP contribution in [0.4, 0.5) is 28.9 Å². The summed E-state index contributed by atoms with van der Waals surface area (Å²) < 4.78 is 67.5. The minimum atomic E-state index is -4.85. The summed E-state index contributed by atoms with van der Waals surface area (Å²) in [6.07, 6.45) is -4.71. The van der Waals surface area contributed by atoms with E-state index in [1.54, 1.807) is 0 Å². The van der Waals surface area contributed by atoms with Crippen molar-refractivity contribution in [1.82, 2.24) is 4.90 Å². The van der Waals surface area contributed by atoms with E-state index >= 15 is 4.39 Å². The third kappa shape index (κ3) is 6.05. The Morgan fingerprint density at radius 3 is 2.48 bits per heavy atom. The van der Waals surface area contributed by atoms with E-state index in [9.17, 15) is 22.8 Å². The van der Waals surface area contributed by atoms with Crippen molar-refractivity contribution in [2.75, 3.05) is 43.4 Å². The van der Waals surface area contributed by atoms with Gasteiger partial charge in [0, 0.05) is 40.4 Å². The van der Waals surface area contributed by atoms with Crippen LogP contribution in [0.1, 0.15) is 27.9 Å². The molecule has 2 aromatic carbocycles. The van der Waals surface area contributed by atoms with Gasteiger partial charge in [0.1, 0.15) is 12.5 Å². The lowest BCUT2D eigenvalue weighted by molar-refractivity contribution is -0.137. The summed E-state index contributed by atoms with van der Waals surface area (Å²) in [6, 6.07) is 9.06. The van der Waals surface area contributed by atoms with Gasteiger partial charge < -0.3 is 19.3 Å². The first-order valence-electron chi connectivity index (χ1n) is 13.1. The SMILES string of the molecule is CN(COCC[Si](C)(C)C)C(=O)c1ccc(N2C(=S)N(c3ccc(C#N)c(C(F)(F)F)c3)C(=O)[C@]23CCOC3)cc1F. The number of alkyl halides is 3. The van der Waals surface area contributed by atoms with Crippen LogP contribution in [-0.2, 0) is 20.4 Å². The number of halogens is 4. The summed E-state index contributed by atoms with van der Waals surface area (Å²) in [5, 5.41) is 8.97. The van der Waals surface area contributed by atoms with Gasteiger partial charge in [-0.1, -0.05) is 19.6 Å². The molecular weight excluding hydrogens is 592 g/mol. The first kappa shape index (κ1) is 31.6. The molecule has 2 aromatic rings. The van der Waals surface area contributed by atoms with Gasteiger partial charge >= 0.3 is 6.18 Å². The van der Waals surface area contributed by atoms with Crippen LogP contribution in [-0.4, -0.2) is 69.0 Å². The quantitative estimate of drug-likeness (QED) is 0.128. The minimum absolute atomic E-state index is 0.0187. The molecule has 42 heavy (non-hydrogen) atoms. The number of ether oxygens (including phenoxy) is 2. The van der Waals surface area contributed by atoms with E-state index in [2.05, 4.69) is 19.6 Å². The van der Waals surface area contributed by atoms with Gasteiger partial charge in [0.2, 0.25) is 0 Å². The van der Waals surface area contributed by atoms with Crippen molar-refractivity contribution in [1.29, 1.82) is 5.26 Å². The number of nitriles is 1. The molecule has 2 heterocycles. The molecule has 2 aliphatic heterocycles. The molecule has 0 N–H and O–H groups in total. The third-order valence-electron chi connectivity index (χ3n) is 7.17. The maximum absolute atomic E-state index is 15.4. The third-order valence-corrected chi connectivity index (χ3v) is 9.24. The largest absolute Gasteiger partial charge is 0.417 e. The standard InChI is InChI=1S/C28H30F4N4O4SSi/c1-34(17-40-11-12-42(2,3)4)24(37)21-8-7-20(14-23(21)29)36-26(41)35(25(38)27(36)9-10-39-16-27)19-6-5-18(15-33)22(13-19)28(30,31)32/h5-8,13-14H,9-12,16-17H2,1-4H3/t27-/m1/s1. The molecule has 0 bridgehead atoms. The van der Waals surface area contributed by atoms with E-state index in [1.165, 1.54) is 41.1 Å². The van der Waals surface area contributed by atoms with Gasteiger partial charge in [-0.15, -0.1) is 0 Å². The van der Waals surface area contributed by atoms with Crippen LogP contribution in [0.15, 0.2) is 36.4 Å². The molecule has 2 saturated heterocycles. The number of anilines is 2. The smallest absolute Gasteiger partial charge is 0.378 e. The highest BCUT2D eigenvalue weighted by molar-refractivity contribution is 7.81. The van der Waals surface area contributed by atoms with Crippen molar-refractivity contribution < 1.29 is 36.6 Å². The molecule has 2 aliphatic rings. The Bertz CT molecular complexity index is 1450. The molecule has 2 amide bonds. The lowest BCUT2D eigenvalue weighted by atomic mass is 9.95. The molecule has 8 nitrogen and oxygen atoms in total. The first-order valence-corrected chi connectivity index (χ1v) is 17.2. The van der Waals surface area contributed by atoms with Crippen molar-refractivity contribution >= 4 is 48.6 Å². The summed E-state index contributed by atoms with van der Waals surface area (Å²) in [7, 11) is 0.176. The van der Waals surface area contributed by atoms with Crippen molar-refractivity contribution in [3.63, 3.8) is 0 Å². The highest BCUT2D eigenvalue weighted by Crippen LogP contribution is 2.43. The number of hydrogen-bond donors (Lipinski definition) is 0. The van der Waals surface area contributed by atoms with Gasteiger partial charge in [-0.2, -0.15) is 18.4 Å². The van der Waals surface area contributed by atoms with Crippen LogP contribution in [0.5, 0.6) is 0 Å². The average molecular weight is 623 g/mol. The zero-order valence-electron chi connectivity index (χ0n) is 23.5. The Balaban J connectivity index is 1.63. The lowest BCUT2D eigenvalue weighted by Crippen LogP contribution is -2.50. The monoisotopic (exact) mass is 622 g/mol. The van der Waals surface area contributed by atoms with Crippen LogP contribution in [0.25, 0.3) is 0 Å². The molecule has 224 valence electrons. The van der Waals surface area contributed by atoms with E-state index in [-0.39, 0.29) is 48.4 Å². The number of amides is 2. The van der Waals surface area contributed by atoms with Gasteiger partial charge in [0.05, 0.1) is 35.1 Å². The van der Waals surface area contributed by atoms with Crippen LogP contribution < -0.4 is 9.80 Å². The van der Waals surface area contributed by atoms with Crippen LogP contribution >= 0.6 is 12.2 Å². The van der Waals surface area contributed by atoms with E-state index in [1.807, 2.05) is 0 Å². The summed E-state index contributed by atoms with van der Waals surface area (Å²) in [4.78, 5) is 30.3. The van der Waals surface area contributed by atoms with Crippen molar-refractivity contribution in [3.8, 4) is 6.07 Å². The summed E-state index contributed by atoms with van der Waals surface area (Å²) in [5.74, 6) is -2.12. The van der Waals surface area contributed by atoms with E-state index in [4.69, 9.17) is 27.0 Å². The number of benzene rings is 2. The zero-order valence-corrected chi connectivity index (χ0v) is 25.4. The summed E-state index contributed by atoms with van der Waals surface area (Å²) >= 11 is 5.58. The molecule has 0 unspecified atom stereocenters. The highest BCUT2D eigenvalue weighted by atomic mass is 32.1. The summed E-state index contributed by atoms with van der Waals surface area (Å²) in [6.45, 7) is 7.10. The fraction of sp³-hybridized carbons (Fsp3) is 0.429. The van der Waals surface area contributed by atoms with Gasteiger partial charge in [-0.3, -0.25) is 14.5 Å². The minimum Gasteiger partial charge on any atom is -0.378 e. The number of nitrogens with zero attached hydrogens (tertiary/aromatic N) is 4.